The van der Waals surface area contributed by atoms with Crippen LogP contribution in [-0.4, -0.2) is 67.4 Å². The van der Waals surface area contributed by atoms with Crippen molar-refractivity contribution in [3.8, 4) is 0 Å². The summed E-state index contributed by atoms with van der Waals surface area (Å²) in [5.74, 6) is 0.296. The van der Waals surface area contributed by atoms with Gasteiger partial charge in [0, 0.05) is 37.4 Å². The first-order chi connectivity index (χ1) is 13.0. The van der Waals surface area contributed by atoms with Crippen LogP contribution in [0.4, 0.5) is 0 Å². The summed E-state index contributed by atoms with van der Waals surface area (Å²) in [6.45, 7) is 1.59. The maximum absolute atomic E-state index is 12.4. The van der Waals surface area contributed by atoms with Gasteiger partial charge < -0.3 is 15.4 Å². The van der Waals surface area contributed by atoms with Gasteiger partial charge in [0.15, 0.2) is 10.8 Å². The molecule has 1 aromatic heterocycles. The van der Waals surface area contributed by atoms with E-state index in [1.165, 1.54) is 31.3 Å². The molecule has 9 heteroatoms. The number of hydrogen-bond acceptors (Lipinski definition) is 8. The minimum absolute atomic E-state index is 0.0311. The Morgan fingerprint density at radius 3 is 2.93 bits per heavy atom. The Morgan fingerprint density at radius 1 is 1.48 bits per heavy atom. The first-order valence-electron chi connectivity index (χ1n) is 9.02. The molecule has 0 bridgehead atoms. The fourth-order valence-corrected chi connectivity index (χ4v) is 4.50. The number of aromatic nitrogens is 1. The lowest BCUT2D eigenvalue weighted by Gasteiger charge is -2.27. The van der Waals surface area contributed by atoms with Gasteiger partial charge in [0.2, 0.25) is 5.91 Å². The Labute approximate surface area is 161 Å². The second kappa shape index (κ2) is 7.05. The fourth-order valence-electron chi connectivity index (χ4n) is 3.90. The lowest BCUT2D eigenvalue weighted by Crippen LogP contribution is -2.45. The van der Waals surface area contributed by atoms with Crippen LogP contribution in [-0.2, 0) is 14.3 Å². The second-order valence-corrected chi connectivity index (χ2v) is 8.21. The number of aliphatic imine (C=N–C) groups is 1. The third kappa shape index (κ3) is 3.49. The zero-order valence-corrected chi connectivity index (χ0v) is 16.3. The summed E-state index contributed by atoms with van der Waals surface area (Å²) < 4.78 is 4.94. The Kier molecular flexibility index (Phi) is 4.73. The molecule has 4 rings (SSSR count). The van der Waals surface area contributed by atoms with Gasteiger partial charge in [0.25, 0.3) is 0 Å². The summed E-state index contributed by atoms with van der Waals surface area (Å²) in [5, 5.41) is 8.72. The molecule has 2 fully saturated rings. The van der Waals surface area contributed by atoms with E-state index in [9.17, 15) is 9.59 Å². The number of methoxy groups -OCH3 is 1. The molecule has 3 heterocycles. The molecule has 0 radical (unpaired) electrons. The molecule has 1 aliphatic carbocycles. The highest BCUT2D eigenvalue weighted by atomic mass is 32.1. The quantitative estimate of drug-likeness (QED) is 0.713. The lowest BCUT2D eigenvalue weighted by atomic mass is 10.0. The Morgan fingerprint density at radius 2 is 2.30 bits per heavy atom. The van der Waals surface area contributed by atoms with Crippen LogP contribution in [0.2, 0.25) is 0 Å². The molecule has 2 aliphatic heterocycles. The molecule has 2 N–H and O–H groups in total. The van der Waals surface area contributed by atoms with E-state index in [1.807, 2.05) is 5.38 Å². The third-order valence-corrected chi connectivity index (χ3v) is 6.35. The van der Waals surface area contributed by atoms with Crippen LogP contribution < -0.4 is 10.6 Å². The number of ether oxygens (including phenoxy) is 1. The summed E-state index contributed by atoms with van der Waals surface area (Å²) >= 11 is 1.49. The molecular formula is C18H23N5O3S. The summed E-state index contributed by atoms with van der Waals surface area (Å²) in [4.78, 5) is 35.6. The van der Waals surface area contributed by atoms with Crippen molar-refractivity contribution in [2.24, 2.45) is 10.4 Å². The maximum Gasteiger partial charge on any atom is 0.337 e. The Hall–Kier alpha value is -2.26. The van der Waals surface area contributed by atoms with E-state index in [0.29, 0.717) is 18.0 Å². The van der Waals surface area contributed by atoms with E-state index >= 15 is 0 Å². The maximum atomic E-state index is 12.4. The number of carbonyl (C=O) groups excluding carboxylic acids is 2. The predicted octanol–water partition coefficient (Wildman–Crippen LogP) is 0.520. The van der Waals surface area contributed by atoms with Gasteiger partial charge in [-0.25, -0.2) is 9.78 Å². The van der Waals surface area contributed by atoms with Crippen molar-refractivity contribution < 1.29 is 14.3 Å². The number of amides is 1. The molecule has 0 aromatic carbocycles. The third-order valence-electron chi connectivity index (χ3n) is 5.57. The Bertz CT molecular complexity index is 813. The molecule has 1 aromatic rings. The smallest absolute Gasteiger partial charge is 0.337 e. The van der Waals surface area contributed by atoms with E-state index in [2.05, 4.69) is 25.5 Å². The monoisotopic (exact) mass is 389 g/mol. The van der Waals surface area contributed by atoms with Gasteiger partial charge in [-0.05, 0) is 24.7 Å². The van der Waals surface area contributed by atoms with Crippen LogP contribution >= 0.6 is 11.3 Å². The zero-order chi connectivity index (χ0) is 19.0. The molecule has 1 saturated carbocycles. The number of nitrogens with zero attached hydrogens (tertiary/aromatic N) is 3. The minimum Gasteiger partial charge on any atom is -0.466 e. The zero-order valence-electron chi connectivity index (χ0n) is 15.4. The van der Waals surface area contributed by atoms with Crippen molar-refractivity contribution >= 4 is 29.0 Å². The van der Waals surface area contributed by atoms with E-state index < -0.39 is 5.97 Å². The average Bonchev–Trinajstić information content (AvgIpc) is 3.09. The van der Waals surface area contributed by atoms with Crippen molar-refractivity contribution in [1.82, 2.24) is 20.5 Å². The number of likely N-dealkylation sites (N-methyl/N-ethyl adjacent to an activating group) is 1. The van der Waals surface area contributed by atoms with Gasteiger partial charge in [-0.15, -0.1) is 11.3 Å². The van der Waals surface area contributed by atoms with E-state index in [4.69, 9.17) is 4.74 Å². The number of rotatable bonds is 5. The van der Waals surface area contributed by atoms with E-state index in [1.54, 1.807) is 13.2 Å². The second-order valence-electron chi connectivity index (χ2n) is 7.31. The van der Waals surface area contributed by atoms with Crippen molar-refractivity contribution in [3.63, 3.8) is 0 Å². The number of amidine groups is 1. The summed E-state index contributed by atoms with van der Waals surface area (Å²) in [6, 6.07) is -0.173. The molecule has 1 spiro atoms. The van der Waals surface area contributed by atoms with Gasteiger partial charge in [-0.3, -0.25) is 14.7 Å². The van der Waals surface area contributed by atoms with Gasteiger partial charge >= 0.3 is 5.97 Å². The molecule has 1 saturated heterocycles. The summed E-state index contributed by atoms with van der Waals surface area (Å²) in [5.41, 5.74) is 1.52. The molecule has 27 heavy (non-hydrogen) atoms. The number of carbonyl (C=O) groups is 2. The van der Waals surface area contributed by atoms with E-state index in [-0.39, 0.29) is 23.9 Å². The van der Waals surface area contributed by atoms with Gasteiger partial charge in [-0.1, -0.05) is 0 Å². The molecule has 144 valence electrons. The van der Waals surface area contributed by atoms with Crippen LogP contribution in [0, 0.1) is 5.41 Å². The number of likely N-dealkylation sites (tertiary alicyclic amines) is 1. The van der Waals surface area contributed by atoms with Crippen LogP contribution in [0.1, 0.15) is 24.3 Å². The minimum atomic E-state index is -0.392. The van der Waals surface area contributed by atoms with Crippen molar-refractivity contribution in [2.45, 2.75) is 25.3 Å². The molecule has 3 aliphatic rings. The van der Waals surface area contributed by atoms with Crippen LogP contribution in [0.25, 0.3) is 0 Å². The number of nitrogens with one attached hydrogen (secondary N) is 2. The molecule has 1 amide bonds. The van der Waals surface area contributed by atoms with Crippen molar-refractivity contribution in [1.29, 1.82) is 0 Å². The lowest BCUT2D eigenvalue weighted by molar-refractivity contribution is -0.136. The topological polar surface area (TPSA) is 95.9 Å². The van der Waals surface area contributed by atoms with Crippen LogP contribution in [0.5, 0.6) is 0 Å². The van der Waals surface area contributed by atoms with Gasteiger partial charge in [0.1, 0.15) is 0 Å². The molecule has 1 atom stereocenters. The predicted molar refractivity (Wildman–Crippen MR) is 101 cm³/mol. The van der Waals surface area contributed by atoms with Gasteiger partial charge in [0.05, 0.1) is 25.3 Å². The SMILES string of the molecule is CNC(=O)C1CC2(CC2)CN1CC1=C(C(=O)OC)CN=C(c2nccs2)N1. The summed E-state index contributed by atoms with van der Waals surface area (Å²) in [7, 11) is 3.04. The fraction of sp³-hybridized carbons (Fsp3) is 0.556. The largest absolute Gasteiger partial charge is 0.466 e. The van der Waals surface area contributed by atoms with Crippen molar-refractivity contribution in [3.05, 3.63) is 27.9 Å². The first kappa shape index (κ1) is 18.1. The highest BCUT2D eigenvalue weighted by molar-refractivity contribution is 7.11. The molecule has 1 unspecified atom stereocenters. The first-order valence-corrected chi connectivity index (χ1v) is 9.90. The Balaban J connectivity index is 1.58. The van der Waals surface area contributed by atoms with Gasteiger partial charge in [-0.2, -0.15) is 0 Å². The normalized spacial score (nSPS) is 23.8. The highest BCUT2D eigenvalue weighted by Crippen LogP contribution is 2.54. The molecule has 8 nitrogen and oxygen atoms in total. The van der Waals surface area contributed by atoms with E-state index in [0.717, 1.165) is 23.7 Å². The van der Waals surface area contributed by atoms with Crippen molar-refractivity contribution in [2.75, 3.05) is 33.8 Å². The number of hydrogen-bond donors (Lipinski definition) is 2. The number of esters is 1. The van der Waals surface area contributed by atoms with Crippen LogP contribution in [0.15, 0.2) is 27.8 Å². The average molecular weight is 389 g/mol. The summed E-state index contributed by atoms with van der Waals surface area (Å²) in [6.07, 6.45) is 4.93. The highest BCUT2D eigenvalue weighted by Gasteiger charge is 2.53. The van der Waals surface area contributed by atoms with Crippen LogP contribution in [0.3, 0.4) is 0 Å². The standard InChI is InChI=1S/C18H23N5O3S/c1-19-15(24)13-7-18(3-4-18)10-23(13)9-12-11(17(25)26-2)8-21-14(22-12)16-20-5-6-27-16/h5-6,13H,3-4,7-10H2,1-2H3,(H,19,24)(H,21,22). The molecular weight excluding hydrogens is 366 g/mol. The number of thiazole rings is 1.